The largest absolute Gasteiger partial charge is 0.475 e. The molecule has 1 aromatic heterocycles. The minimum atomic E-state index is -1.01. The van der Waals surface area contributed by atoms with Crippen LogP contribution in [0.15, 0.2) is 16.5 Å². The van der Waals surface area contributed by atoms with E-state index in [2.05, 4.69) is 19.2 Å². The molecule has 112 valence electrons. The Kier molecular flexibility index (Phi) is 4.86. The van der Waals surface area contributed by atoms with E-state index in [-0.39, 0.29) is 5.76 Å². The maximum atomic E-state index is 10.8. The van der Waals surface area contributed by atoms with E-state index in [0.29, 0.717) is 17.7 Å². The Labute approximate surface area is 120 Å². The van der Waals surface area contributed by atoms with Crippen molar-refractivity contribution < 1.29 is 14.3 Å². The number of carboxylic acid groups (broad SMARTS) is 1. The minimum absolute atomic E-state index is 0.0135. The van der Waals surface area contributed by atoms with Crippen molar-refractivity contribution in [2.24, 2.45) is 11.3 Å². The predicted molar refractivity (Wildman–Crippen MR) is 77.7 cm³/mol. The number of hydrogen-bond donors (Lipinski definition) is 2. The van der Waals surface area contributed by atoms with Crippen LogP contribution < -0.4 is 5.32 Å². The number of nitrogens with one attached hydrogen (secondary N) is 1. The lowest BCUT2D eigenvalue weighted by atomic mass is 9.78. The van der Waals surface area contributed by atoms with E-state index in [4.69, 9.17) is 9.52 Å². The average Bonchev–Trinajstić information content (AvgIpc) is 2.98. The summed E-state index contributed by atoms with van der Waals surface area (Å²) in [6, 6.07) is 3.25. The van der Waals surface area contributed by atoms with Crippen LogP contribution in [0.3, 0.4) is 0 Å². The molecule has 2 rings (SSSR count). The zero-order valence-corrected chi connectivity index (χ0v) is 12.4. The van der Waals surface area contributed by atoms with Gasteiger partial charge in [-0.1, -0.05) is 26.7 Å². The summed E-state index contributed by atoms with van der Waals surface area (Å²) in [4.78, 5) is 10.8. The minimum Gasteiger partial charge on any atom is -0.475 e. The number of rotatable bonds is 7. The molecule has 20 heavy (non-hydrogen) atoms. The van der Waals surface area contributed by atoms with Crippen LogP contribution in [0.2, 0.25) is 0 Å². The maximum absolute atomic E-state index is 10.8. The molecule has 0 atom stereocenters. The van der Waals surface area contributed by atoms with E-state index < -0.39 is 5.97 Å². The summed E-state index contributed by atoms with van der Waals surface area (Å²) >= 11 is 0. The monoisotopic (exact) mass is 279 g/mol. The van der Waals surface area contributed by atoms with Crippen molar-refractivity contribution in [2.45, 2.75) is 52.5 Å². The van der Waals surface area contributed by atoms with Crippen LogP contribution in [0.25, 0.3) is 0 Å². The van der Waals surface area contributed by atoms with Crippen LogP contribution >= 0.6 is 0 Å². The van der Waals surface area contributed by atoms with Gasteiger partial charge in [0.05, 0.1) is 6.54 Å². The fourth-order valence-corrected chi connectivity index (χ4v) is 3.48. The summed E-state index contributed by atoms with van der Waals surface area (Å²) in [5, 5.41) is 12.3. The first kappa shape index (κ1) is 15.1. The van der Waals surface area contributed by atoms with Gasteiger partial charge in [-0.3, -0.25) is 0 Å². The molecule has 2 N–H and O–H groups in total. The van der Waals surface area contributed by atoms with Gasteiger partial charge in [-0.2, -0.15) is 0 Å². The van der Waals surface area contributed by atoms with E-state index in [1.54, 1.807) is 6.07 Å². The Morgan fingerprint density at radius 1 is 1.40 bits per heavy atom. The van der Waals surface area contributed by atoms with Crippen molar-refractivity contribution in [2.75, 3.05) is 6.54 Å². The van der Waals surface area contributed by atoms with Crippen molar-refractivity contribution in [1.29, 1.82) is 0 Å². The van der Waals surface area contributed by atoms with Gasteiger partial charge in [-0.15, -0.1) is 0 Å². The molecule has 0 aromatic carbocycles. The summed E-state index contributed by atoms with van der Waals surface area (Å²) in [7, 11) is 0. The molecule has 0 saturated heterocycles. The lowest BCUT2D eigenvalue weighted by Gasteiger charge is -2.31. The van der Waals surface area contributed by atoms with Crippen molar-refractivity contribution >= 4 is 5.97 Å². The van der Waals surface area contributed by atoms with Gasteiger partial charge in [0.25, 0.3) is 0 Å². The molecule has 1 aliphatic carbocycles. The Bertz CT molecular complexity index is 444. The quantitative estimate of drug-likeness (QED) is 0.799. The summed E-state index contributed by atoms with van der Waals surface area (Å²) < 4.78 is 5.26. The Morgan fingerprint density at radius 2 is 2.10 bits per heavy atom. The molecule has 0 radical (unpaired) electrons. The zero-order chi connectivity index (χ0) is 14.6. The highest BCUT2D eigenvalue weighted by Crippen LogP contribution is 2.42. The number of hydrogen-bond acceptors (Lipinski definition) is 3. The van der Waals surface area contributed by atoms with Gasteiger partial charge >= 0.3 is 5.97 Å². The van der Waals surface area contributed by atoms with Gasteiger partial charge < -0.3 is 14.8 Å². The van der Waals surface area contributed by atoms with E-state index in [9.17, 15) is 4.79 Å². The molecule has 1 heterocycles. The molecule has 0 aliphatic heterocycles. The van der Waals surface area contributed by atoms with Crippen molar-refractivity contribution in [3.05, 3.63) is 23.7 Å². The molecule has 4 nitrogen and oxygen atoms in total. The first-order chi connectivity index (χ1) is 9.51. The summed E-state index contributed by atoms with van der Waals surface area (Å²) in [5.74, 6) is 0.417. The Morgan fingerprint density at radius 3 is 2.65 bits per heavy atom. The molecule has 0 unspecified atom stereocenters. The second-order valence-electron chi connectivity index (χ2n) is 6.48. The van der Waals surface area contributed by atoms with E-state index in [1.165, 1.54) is 38.2 Å². The lowest BCUT2D eigenvalue weighted by Crippen LogP contribution is -2.33. The van der Waals surface area contributed by atoms with E-state index in [0.717, 1.165) is 12.5 Å². The molecule has 0 bridgehead atoms. The fraction of sp³-hybridized carbons (Fsp3) is 0.688. The molecule has 1 fully saturated rings. The van der Waals surface area contributed by atoms with Crippen LogP contribution in [0.1, 0.15) is 62.3 Å². The molecular weight excluding hydrogens is 254 g/mol. The molecular formula is C16H25NO3. The number of carboxylic acids is 1. The molecule has 1 saturated carbocycles. The second-order valence-corrected chi connectivity index (χ2v) is 6.48. The molecule has 0 amide bonds. The van der Waals surface area contributed by atoms with Crippen LogP contribution in [0, 0.1) is 11.3 Å². The first-order valence-corrected chi connectivity index (χ1v) is 7.53. The normalized spacial score (nSPS) is 17.8. The fourth-order valence-electron chi connectivity index (χ4n) is 3.48. The topological polar surface area (TPSA) is 62.5 Å². The zero-order valence-electron chi connectivity index (χ0n) is 12.4. The SMILES string of the molecule is CC(C)CC1(CNCc2ccc(C(=O)O)o2)CCCC1. The third-order valence-corrected chi connectivity index (χ3v) is 4.18. The number of furan rings is 1. The third kappa shape index (κ3) is 3.85. The summed E-state index contributed by atoms with van der Waals surface area (Å²) in [5.41, 5.74) is 0.427. The van der Waals surface area contributed by atoms with Crippen LogP contribution in [-0.2, 0) is 6.54 Å². The van der Waals surface area contributed by atoms with Gasteiger partial charge in [-0.05, 0) is 42.7 Å². The van der Waals surface area contributed by atoms with Gasteiger partial charge in [0.15, 0.2) is 0 Å². The van der Waals surface area contributed by atoms with Crippen molar-refractivity contribution in [1.82, 2.24) is 5.32 Å². The molecule has 0 spiro atoms. The third-order valence-electron chi connectivity index (χ3n) is 4.18. The smallest absolute Gasteiger partial charge is 0.371 e. The molecule has 4 heteroatoms. The first-order valence-electron chi connectivity index (χ1n) is 7.53. The van der Waals surface area contributed by atoms with Gasteiger partial charge in [0.2, 0.25) is 5.76 Å². The van der Waals surface area contributed by atoms with Gasteiger partial charge in [0.1, 0.15) is 5.76 Å². The van der Waals surface area contributed by atoms with Crippen molar-refractivity contribution in [3.8, 4) is 0 Å². The van der Waals surface area contributed by atoms with Crippen LogP contribution in [-0.4, -0.2) is 17.6 Å². The van der Waals surface area contributed by atoms with Gasteiger partial charge in [0, 0.05) is 6.54 Å². The summed E-state index contributed by atoms with van der Waals surface area (Å²) in [6.07, 6.45) is 6.53. The lowest BCUT2D eigenvalue weighted by molar-refractivity contribution is 0.0660. The molecule has 1 aromatic rings. The highest BCUT2D eigenvalue weighted by Gasteiger charge is 2.33. The van der Waals surface area contributed by atoms with E-state index in [1.807, 2.05) is 0 Å². The maximum Gasteiger partial charge on any atom is 0.371 e. The highest BCUT2D eigenvalue weighted by molar-refractivity contribution is 5.84. The number of aromatic carboxylic acids is 1. The Hall–Kier alpha value is -1.29. The predicted octanol–water partition coefficient (Wildman–Crippen LogP) is 3.67. The average molecular weight is 279 g/mol. The standard InChI is InChI=1S/C16H25NO3/c1-12(2)9-16(7-3-4-8-16)11-17-10-13-5-6-14(20-13)15(18)19/h5-6,12,17H,3-4,7-11H2,1-2H3,(H,18,19). The highest BCUT2D eigenvalue weighted by atomic mass is 16.4. The van der Waals surface area contributed by atoms with Crippen molar-refractivity contribution in [3.63, 3.8) is 0 Å². The van der Waals surface area contributed by atoms with Crippen LogP contribution in [0.4, 0.5) is 0 Å². The Balaban J connectivity index is 1.85. The van der Waals surface area contributed by atoms with E-state index >= 15 is 0 Å². The second kappa shape index (κ2) is 6.44. The van der Waals surface area contributed by atoms with Crippen LogP contribution in [0.5, 0.6) is 0 Å². The molecule has 1 aliphatic rings. The van der Waals surface area contributed by atoms with Gasteiger partial charge in [-0.25, -0.2) is 4.79 Å². The number of carbonyl (C=O) groups is 1. The summed E-state index contributed by atoms with van der Waals surface area (Å²) in [6.45, 7) is 6.17.